The lowest BCUT2D eigenvalue weighted by Crippen LogP contribution is -2.43. The van der Waals surface area contributed by atoms with Crippen molar-refractivity contribution >= 4 is 28.2 Å². The van der Waals surface area contributed by atoms with Gasteiger partial charge in [-0.15, -0.1) is 0 Å². The number of para-hydroxylation sites is 1. The predicted molar refractivity (Wildman–Crippen MR) is 108 cm³/mol. The summed E-state index contributed by atoms with van der Waals surface area (Å²) in [6, 6.07) is 23.2. The number of hydrogen-bond acceptors (Lipinski definition) is 3. The lowest BCUT2D eigenvalue weighted by Gasteiger charge is -2.38. The van der Waals surface area contributed by atoms with Crippen LogP contribution >= 0.6 is 0 Å². The number of carbonyl (C=O) groups is 1. The number of hydrogen-bond donors (Lipinski definition) is 1. The largest absolute Gasteiger partial charge is 0.360 e. The SMILES string of the molecule is O=C1c2ccccc2NC(c2ccc3ncccc3c2)N1c1ccc(F)cc1. The summed E-state index contributed by atoms with van der Waals surface area (Å²) in [5, 5.41) is 4.46. The third-order valence-corrected chi connectivity index (χ3v) is 4.97. The van der Waals surface area contributed by atoms with Gasteiger partial charge in [0.2, 0.25) is 0 Å². The number of nitrogens with zero attached hydrogens (tertiary/aromatic N) is 2. The summed E-state index contributed by atoms with van der Waals surface area (Å²) in [4.78, 5) is 19.4. The minimum absolute atomic E-state index is 0.128. The Kier molecular flexibility index (Phi) is 3.79. The van der Waals surface area contributed by atoms with Crippen LogP contribution in [0.2, 0.25) is 0 Å². The summed E-state index contributed by atoms with van der Waals surface area (Å²) < 4.78 is 13.5. The van der Waals surface area contributed by atoms with Crippen LogP contribution in [0, 0.1) is 5.82 Å². The van der Waals surface area contributed by atoms with E-state index in [1.165, 1.54) is 12.1 Å². The molecule has 5 rings (SSSR count). The first kappa shape index (κ1) is 16.4. The van der Waals surface area contributed by atoms with Crippen LogP contribution in [0.3, 0.4) is 0 Å². The number of anilines is 2. The number of fused-ring (bicyclic) bond motifs is 2. The third-order valence-electron chi connectivity index (χ3n) is 4.97. The second-order valence-corrected chi connectivity index (χ2v) is 6.70. The lowest BCUT2D eigenvalue weighted by atomic mass is 10.0. The van der Waals surface area contributed by atoms with Gasteiger partial charge in [0, 0.05) is 23.0 Å². The minimum atomic E-state index is -0.419. The third kappa shape index (κ3) is 2.68. The van der Waals surface area contributed by atoms with E-state index in [4.69, 9.17) is 0 Å². The highest BCUT2D eigenvalue weighted by atomic mass is 19.1. The summed E-state index contributed by atoms with van der Waals surface area (Å²) >= 11 is 0. The Morgan fingerprint density at radius 1 is 0.929 bits per heavy atom. The van der Waals surface area contributed by atoms with Gasteiger partial charge in [0.25, 0.3) is 5.91 Å². The van der Waals surface area contributed by atoms with E-state index in [0.29, 0.717) is 11.3 Å². The molecule has 1 N–H and O–H groups in total. The summed E-state index contributed by atoms with van der Waals surface area (Å²) in [7, 11) is 0. The van der Waals surface area contributed by atoms with Crippen LogP contribution in [0.1, 0.15) is 22.1 Å². The Morgan fingerprint density at radius 3 is 2.61 bits per heavy atom. The van der Waals surface area contributed by atoms with Gasteiger partial charge in [-0.05, 0) is 60.2 Å². The van der Waals surface area contributed by atoms with Gasteiger partial charge in [0.05, 0.1) is 11.1 Å². The molecule has 0 aliphatic carbocycles. The van der Waals surface area contributed by atoms with Crippen molar-refractivity contribution < 1.29 is 9.18 Å². The Balaban J connectivity index is 1.67. The zero-order valence-corrected chi connectivity index (χ0v) is 14.8. The van der Waals surface area contributed by atoms with Crippen molar-refractivity contribution in [2.75, 3.05) is 10.2 Å². The fourth-order valence-corrected chi connectivity index (χ4v) is 3.62. The smallest absolute Gasteiger partial charge is 0.262 e. The van der Waals surface area contributed by atoms with Crippen molar-refractivity contribution in [2.45, 2.75) is 6.17 Å². The number of benzene rings is 3. The summed E-state index contributed by atoms with van der Waals surface area (Å²) in [6.45, 7) is 0. The van der Waals surface area contributed by atoms with E-state index >= 15 is 0 Å². The number of amides is 1. The van der Waals surface area contributed by atoms with E-state index in [0.717, 1.165) is 22.2 Å². The standard InChI is InChI=1S/C23H16FN3O/c24-17-8-10-18(11-9-17)27-22(26-21-6-2-1-5-19(21)23(27)28)16-7-12-20-15(14-16)4-3-13-25-20/h1-14,22,26H. The first-order valence-electron chi connectivity index (χ1n) is 9.00. The van der Waals surface area contributed by atoms with Gasteiger partial charge in [-0.3, -0.25) is 14.7 Å². The minimum Gasteiger partial charge on any atom is -0.360 e. The van der Waals surface area contributed by atoms with Crippen molar-refractivity contribution in [1.82, 2.24) is 4.98 Å². The molecule has 1 aliphatic heterocycles. The zero-order valence-electron chi connectivity index (χ0n) is 14.8. The summed E-state index contributed by atoms with van der Waals surface area (Å²) in [6.07, 6.45) is 1.34. The number of carbonyl (C=O) groups excluding carboxylic acids is 1. The van der Waals surface area contributed by atoms with E-state index in [1.54, 1.807) is 29.3 Å². The molecule has 1 atom stereocenters. The molecule has 0 saturated carbocycles. The number of halogens is 1. The van der Waals surface area contributed by atoms with E-state index in [2.05, 4.69) is 10.3 Å². The molecule has 2 heterocycles. The van der Waals surface area contributed by atoms with Gasteiger partial charge in [-0.2, -0.15) is 0 Å². The highest BCUT2D eigenvalue weighted by molar-refractivity contribution is 6.12. The Labute approximate surface area is 161 Å². The van der Waals surface area contributed by atoms with Gasteiger partial charge in [-0.1, -0.05) is 24.3 Å². The molecule has 4 aromatic rings. The molecule has 4 nitrogen and oxygen atoms in total. The normalized spacial score (nSPS) is 16.0. The lowest BCUT2D eigenvalue weighted by molar-refractivity contribution is 0.0975. The topological polar surface area (TPSA) is 45.2 Å². The van der Waals surface area contributed by atoms with Gasteiger partial charge in [-0.25, -0.2) is 4.39 Å². The van der Waals surface area contributed by atoms with Crippen molar-refractivity contribution in [1.29, 1.82) is 0 Å². The maximum atomic E-state index is 13.5. The monoisotopic (exact) mass is 369 g/mol. The van der Waals surface area contributed by atoms with Crippen LogP contribution in [0.15, 0.2) is 85.1 Å². The average molecular weight is 369 g/mol. The van der Waals surface area contributed by atoms with Crippen LogP contribution in [-0.4, -0.2) is 10.9 Å². The van der Waals surface area contributed by atoms with Crippen LogP contribution in [0.4, 0.5) is 15.8 Å². The maximum Gasteiger partial charge on any atom is 0.262 e. The van der Waals surface area contributed by atoms with Crippen LogP contribution < -0.4 is 10.2 Å². The molecular formula is C23H16FN3O. The fourth-order valence-electron chi connectivity index (χ4n) is 3.62. The highest BCUT2D eigenvalue weighted by Crippen LogP contribution is 2.37. The van der Waals surface area contributed by atoms with E-state index in [9.17, 15) is 9.18 Å². The summed E-state index contributed by atoms with van der Waals surface area (Å²) in [5.74, 6) is -0.466. The Bertz CT molecular complexity index is 1190. The van der Waals surface area contributed by atoms with Gasteiger partial charge in [0.1, 0.15) is 12.0 Å². The predicted octanol–water partition coefficient (Wildman–Crippen LogP) is 5.15. The number of rotatable bonds is 2. The second kappa shape index (κ2) is 6.46. The van der Waals surface area contributed by atoms with Crippen LogP contribution in [0.5, 0.6) is 0 Å². The van der Waals surface area contributed by atoms with Gasteiger partial charge >= 0.3 is 0 Å². The maximum absolute atomic E-state index is 13.5. The molecule has 1 aliphatic rings. The molecule has 28 heavy (non-hydrogen) atoms. The molecular weight excluding hydrogens is 353 g/mol. The van der Waals surface area contributed by atoms with Crippen molar-refractivity contribution in [2.24, 2.45) is 0 Å². The second-order valence-electron chi connectivity index (χ2n) is 6.70. The van der Waals surface area contributed by atoms with Gasteiger partial charge < -0.3 is 5.32 Å². The molecule has 0 radical (unpaired) electrons. The molecule has 0 fully saturated rings. The summed E-state index contributed by atoms with van der Waals surface area (Å²) in [5.41, 5.74) is 3.81. The first-order chi connectivity index (χ1) is 13.7. The number of nitrogens with one attached hydrogen (secondary N) is 1. The Hall–Kier alpha value is -3.73. The first-order valence-corrected chi connectivity index (χ1v) is 9.00. The fraction of sp³-hybridized carbons (Fsp3) is 0.0435. The number of pyridine rings is 1. The van der Waals surface area contributed by atoms with E-state index < -0.39 is 6.17 Å². The molecule has 1 amide bonds. The molecule has 0 bridgehead atoms. The molecule has 136 valence electrons. The molecule has 0 spiro atoms. The number of aromatic nitrogens is 1. The quantitative estimate of drug-likeness (QED) is 0.532. The highest BCUT2D eigenvalue weighted by Gasteiger charge is 2.34. The van der Waals surface area contributed by atoms with Crippen molar-refractivity contribution in [3.05, 3.63) is 102 Å². The molecule has 5 heteroatoms. The average Bonchev–Trinajstić information content (AvgIpc) is 2.74. The van der Waals surface area contributed by atoms with E-state index in [1.807, 2.05) is 48.5 Å². The van der Waals surface area contributed by atoms with Crippen molar-refractivity contribution in [3.63, 3.8) is 0 Å². The van der Waals surface area contributed by atoms with Crippen LogP contribution in [0.25, 0.3) is 10.9 Å². The molecule has 1 unspecified atom stereocenters. The Morgan fingerprint density at radius 2 is 1.75 bits per heavy atom. The van der Waals surface area contributed by atoms with Crippen molar-refractivity contribution in [3.8, 4) is 0 Å². The van der Waals surface area contributed by atoms with Crippen LogP contribution in [-0.2, 0) is 0 Å². The molecule has 0 saturated heterocycles. The molecule has 1 aromatic heterocycles. The molecule has 3 aromatic carbocycles. The van der Waals surface area contributed by atoms with Gasteiger partial charge in [0.15, 0.2) is 0 Å². The van der Waals surface area contributed by atoms with E-state index in [-0.39, 0.29) is 11.7 Å². The zero-order chi connectivity index (χ0) is 19.1.